The molecule has 1 heterocycles. The van der Waals surface area contributed by atoms with Crippen LogP contribution in [-0.2, 0) is 14.3 Å². The normalized spacial score (nSPS) is 18.7. The SMILES string of the molecule is CC1=C(C(=O)OC(C)C)[C@@H](c2ccccc2Cl)CC(=O)N1. The molecule has 0 saturated carbocycles. The van der Waals surface area contributed by atoms with Crippen molar-refractivity contribution < 1.29 is 14.3 Å². The number of benzene rings is 1. The second-order valence-electron chi connectivity index (χ2n) is 5.32. The van der Waals surface area contributed by atoms with Gasteiger partial charge in [0, 0.05) is 23.1 Å². The number of amides is 1. The third-order valence-corrected chi connectivity index (χ3v) is 3.66. The molecule has 0 aromatic heterocycles. The Bertz CT molecular complexity index is 607. The van der Waals surface area contributed by atoms with Crippen molar-refractivity contribution in [3.05, 3.63) is 46.1 Å². The molecule has 0 aliphatic carbocycles. The van der Waals surface area contributed by atoms with E-state index in [1.165, 1.54) is 0 Å². The highest BCUT2D eigenvalue weighted by Gasteiger charge is 2.33. The first kappa shape index (κ1) is 15.6. The Morgan fingerprint density at radius 3 is 2.67 bits per heavy atom. The molecule has 1 aliphatic heterocycles. The number of halogens is 1. The van der Waals surface area contributed by atoms with E-state index in [-0.39, 0.29) is 24.3 Å². The number of esters is 1. The second kappa shape index (κ2) is 6.31. The van der Waals surface area contributed by atoms with Crippen LogP contribution in [0, 0.1) is 0 Å². The maximum absolute atomic E-state index is 12.3. The van der Waals surface area contributed by atoms with Gasteiger partial charge in [-0.05, 0) is 32.4 Å². The Kier molecular flexibility index (Phi) is 4.68. The van der Waals surface area contributed by atoms with Crippen LogP contribution < -0.4 is 5.32 Å². The van der Waals surface area contributed by atoms with Crippen molar-refractivity contribution >= 4 is 23.5 Å². The number of carbonyl (C=O) groups excluding carboxylic acids is 2. The van der Waals surface area contributed by atoms with E-state index < -0.39 is 5.97 Å². The fourth-order valence-corrected chi connectivity index (χ4v) is 2.74. The largest absolute Gasteiger partial charge is 0.460 e. The van der Waals surface area contributed by atoms with Crippen LogP contribution in [0.3, 0.4) is 0 Å². The Labute approximate surface area is 129 Å². The van der Waals surface area contributed by atoms with Crippen LogP contribution >= 0.6 is 11.6 Å². The first-order valence-electron chi connectivity index (χ1n) is 6.86. The summed E-state index contributed by atoms with van der Waals surface area (Å²) < 4.78 is 5.30. The monoisotopic (exact) mass is 307 g/mol. The van der Waals surface area contributed by atoms with Crippen LogP contribution in [0.1, 0.15) is 38.7 Å². The van der Waals surface area contributed by atoms with E-state index in [9.17, 15) is 9.59 Å². The number of hydrogen-bond donors (Lipinski definition) is 1. The van der Waals surface area contributed by atoms with Crippen LogP contribution in [0.15, 0.2) is 35.5 Å². The van der Waals surface area contributed by atoms with Gasteiger partial charge in [0.05, 0.1) is 11.7 Å². The Hall–Kier alpha value is -1.81. The number of rotatable bonds is 3. The zero-order valence-corrected chi connectivity index (χ0v) is 13.0. The summed E-state index contributed by atoms with van der Waals surface area (Å²) in [5.41, 5.74) is 1.77. The van der Waals surface area contributed by atoms with Crippen molar-refractivity contribution in [1.82, 2.24) is 5.32 Å². The molecule has 1 aromatic carbocycles. The lowest BCUT2D eigenvalue weighted by molar-refractivity contribution is -0.143. The van der Waals surface area contributed by atoms with Crippen molar-refractivity contribution in [3.8, 4) is 0 Å². The van der Waals surface area contributed by atoms with E-state index in [2.05, 4.69) is 5.32 Å². The van der Waals surface area contributed by atoms with Gasteiger partial charge < -0.3 is 10.1 Å². The third-order valence-electron chi connectivity index (χ3n) is 3.31. The smallest absolute Gasteiger partial charge is 0.336 e. The van der Waals surface area contributed by atoms with Crippen molar-refractivity contribution in [1.29, 1.82) is 0 Å². The first-order chi connectivity index (χ1) is 9.90. The number of carbonyl (C=O) groups is 2. The molecule has 0 radical (unpaired) electrons. The Morgan fingerprint density at radius 1 is 1.38 bits per heavy atom. The van der Waals surface area contributed by atoms with Gasteiger partial charge in [0.15, 0.2) is 0 Å². The Balaban J connectivity index is 2.46. The summed E-state index contributed by atoms with van der Waals surface area (Å²) in [6, 6.07) is 7.25. The van der Waals surface area contributed by atoms with Gasteiger partial charge in [-0.3, -0.25) is 4.79 Å². The molecule has 112 valence electrons. The van der Waals surface area contributed by atoms with E-state index in [4.69, 9.17) is 16.3 Å². The van der Waals surface area contributed by atoms with E-state index in [1.54, 1.807) is 26.8 Å². The minimum atomic E-state index is -0.410. The summed E-state index contributed by atoms with van der Waals surface area (Å²) in [7, 11) is 0. The standard InChI is InChI=1S/C16H18ClNO3/c1-9(2)21-16(20)15-10(3)18-14(19)8-12(15)11-6-4-5-7-13(11)17/h4-7,9,12H,8H2,1-3H3,(H,18,19)/t12-/m1/s1. The van der Waals surface area contributed by atoms with Gasteiger partial charge in [0.25, 0.3) is 0 Å². The van der Waals surface area contributed by atoms with Gasteiger partial charge in [-0.2, -0.15) is 0 Å². The summed E-state index contributed by atoms with van der Waals surface area (Å²) in [4.78, 5) is 24.2. The van der Waals surface area contributed by atoms with Crippen LogP contribution in [0.2, 0.25) is 5.02 Å². The molecule has 1 atom stereocenters. The van der Waals surface area contributed by atoms with Gasteiger partial charge in [-0.25, -0.2) is 4.79 Å². The second-order valence-corrected chi connectivity index (χ2v) is 5.73. The summed E-state index contributed by atoms with van der Waals surface area (Å²) >= 11 is 6.22. The number of hydrogen-bond acceptors (Lipinski definition) is 3. The summed E-state index contributed by atoms with van der Waals surface area (Å²) in [6.45, 7) is 5.29. The first-order valence-corrected chi connectivity index (χ1v) is 7.24. The fourth-order valence-electron chi connectivity index (χ4n) is 2.47. The number of allylic oxidation sites excluding steroid dienone is 1. The molecular formula is C16H18ClNO3. The van der Waals surface area contributed by atoms with Crippen molar-refractivity contribution in [2.45, 2.75) is 39.2 Å². The maximum atomic E-state index is 12.3. The fraction of sp³-hybridized carbons (Fsp3) is 0.375. The summed E-state index contributed by atoms with van der Waals surface area (Å²) in [5, 5.41) is 3.24. The lowest BCUT2D eigenvalue weighted by atomic mass is 9.84. The molecular weight excluding hydrogens is 290 g/mol. The molecule has 1 amide bonds. The minimum absolute atomic E-state index is 0.126. The molecule has 0 saturated heterocycles. The average molecular weight is 308 g/mol. The lowest BCUT2D eigenvalue weighted by Gasteiger charge is -2.27. The molecule has 0 unspecified atom stereocenters. The van der Waals surface area contributed by atoms with Gasteiger partial charge in [-0.1, -0.05) is 29.8 Å². The highest BCUT2D eigenvalue weighted by molar-refractivity contribution is 6.31. The van der Waals surface area contributed by atoms with E-state index in [1.807, 2.05) is 18.2 Å². The maximum Gasteiger partial charge on any atom is 0.336 e. The Morgan fingerprint density at radius 2 is 2.05 bits per heavy atom. The van der Waals surface area contributed by atoms with E-state index in [0.717, 1.165) is 5.56 Å². The topological polar surface area (TPSA) is 55.4 Å². The molecule has 0 bridgehead atoms. The van der Waals surface area contributed by atoms with Gasteiger partial charge >= 0.3 is 5.97 Å². The zero-order valence-electron chi connectivity index (χ0n) is 12.3. The van der Waals surface area contributed by atoms with Crippen LogP contribution in [0.5, 0.6) is 0 Å². The predicted molar refractivity (Wildman–Crippen MR) is 80.9 cm³/mol. The lowest BCUT2D eigenvalue weighted by Crippen LogP contribution is -2.34. The molecule has 1 aromatic rings. The molecule has 0 spiro atoms. The zero-order chi connectivity index (χ0) is 15.6. The molecule has 4 nitrogen and oxygen atoms in total. The average Bonchev–Trinajstić information content (AvgIpc) is 2.37. The van der Waals surface area contributed by atoms with Gasteiger partial charge in [0.1, 0.15) is 0 Å². The predicted octanol–water partition coefficient (Wildman–Crippen LogP) is 3.17. The molecule has 21 heavy (non-hydrogen) atoms. The number of nitrogens with one attached hydrogen (secondary N) is 1. The molecule has 0 fully saturated rings. The van der Waals surface area contributed by atoms with E-state index in [0.29, 0.717) is 16.3 Å². The van der Waals surface area contributed by atoms with Crippen LogP contribution in [0.4, 0.5) is 0 Å². The molecule has 2 rings (SSSR count). The third kappa shape index (κ3) is 3.45. The molecule has 1 N–H and O–H groups in total. The van der Waals surface area contributed by atoms with Crippen LogP contribution in [0.25, 0.3) is 0 Å². The van der Waals surface area contributed by atoms with Gasteiger partial charge in [-0.15, -0.1) is 0 Å². The van der Waals surface area contributed by atoms with Crippen molar-refractivity contribution in [2.24, 2.45) is 0 Å². The minimum Gasteiger partial charge on any atom is -0.460 e. The molecule has 5 heteroatoms. The summed E-state index contributed by atoms with van der Waals surface area (Å²) in [5.74, 6) is -0.912. The van der Waals surface area contributed by atoms with Crippen molar-refractivity contribution in [3.63, 3.8) is 0 Å². The quantitative estimate of drug-likeness (QED) is 0.873. The van der Waals surface area contributed by atoms with Crippen molar-refractivity contribution in [2.75, 3.05) is 0 Å². The highest BCUT2D eigenvalue weighted by atomic mass is 35.5. The summed E-state index contributed by atoms with van der Waals surface area (Å²) in [6.07, 6.45) is -0.0359. The van der Waals surface area contributed by atoms with Gasteiger partial charge in [0.2, 0.25) is 5.91 Å². The number of ether oxygens (including phenoxy) is 1. The van der Waals surface area contributed by atoms with Crippen LogP contribution in [-0.4, -0.2) is 18.0 Å². The molecule has 1 aliphatic rings. The van der Waals surface area contributed by atoms with E-state index >= 15 is 0 Å². The highest BCUT2D eigenvalue weighted by Crippen LogP contribution is 2.36.